The third-order valence-corrected chi connectivity index (χ3v) is 1.07. The Morgan fingerprint density at radius 2 is 1.73 bits per heavy atom. The van der Waals surface area contributed by atoms with Crippen molar-refractivity contribution >= 4 is 33.6 Å². The van der Waals surface area contributed by atoms with Gasteiger partial charge in [0.15, 0.2) is 6.29 Å². The van der Waals surface area contributed by atoms with Gasteiger partial charge in [0.05, 0.1) is 6.61 Å². The number of hydrogen-bond donors (Lipinski definition) is 4. The number of carbonyl (C=O) groups excluding carboxylic acids is 1. The van der Waals surface area contributed by atoms with Crippen LogP contribution in [0.25, 0.3) is 0 Å². The van der Waals surface area contributed by atoms with E-state index in [2.05, 4.69) is 0 Å². The molecule has 0 fully saturated rings. The summed E-state index contributed by atoms with van der Waals surface area (Å²) < 4.78 is 0. The van der Waals surface area contributed by atoms with Crippen LogP contribution >= 0.6 is 0 Å². The third-order valence-electron chi connectivity index (χ3n) is 1.07. The number of rotatable bonds is 4. The first kappa shape index (κ1) is 14.0. The minimum atomic E-state index is -1.64. The van der Waals surface area contributed by atoms with Crippen molar-refractivity contribution in [3.63, 3.8) is 0 Å². The molecule has 4 radical (unpaired) electrons. The summed E-state index contributed by atoms with van der Waals surface area (Å²) >= 11 is 0. The van der Waals surface area contributed by atoms with Gasteiger partial charge < -0.3 is 25.2 Å². The topological polar surface area (TPSA) is 98.0 Å². The van der Waals surface area contributed by atoms with E-state index in [1.165, 1.54) is 0 Å². The fourth-order valence-corrected chi connectivity index (χ4v) is 0.416. The van der Waals surface area contributed by atoms with E-state index in [1.807, 2.05) is 0 Å². The number of aliphatic hydroxyl groups is 4. The van der Waals surface area contributed by atoms with E-state index in [9.17, 15) is 4.79 Å². The fourth-order valence-electron chi connectivity index (χ4n) is 0.416. The molecule has 11 heavy (non-hydrogen) atoms. The van der Waals surface area contributed by atoms with Crippen LogP contribution in [0.2, 0.25) is 0 Å². The second-order valence-corrected chi connectivity index (χ2v) is 1.87. The van der Waals surface area contributed by atoms with Gasteiger partial charge in [0.2, 0.25) is 0 Å². The van der Waals surface area contributed by atoms with Gasteiger partial charge in [0.1, 0.15) is 18.3 Å². The van der Waals surface area contributed by atoms with Crippen molar-refractivity contribution < 1.29 is 25.2 Å². The standard InChI is InChI=1S/C5H10O5.Pb/c6-1-3(8)5(10)4(9)2-7;/h1,3-5,7-10H,2H2;/t3-,4+,5-;/m0./s1. The summed E-state index contributed by atoms with van der Waals surface area (Å²) in [5.74, 6) is 0. The fraction of sp³-hybridized carbons (Fsp3) is 0.800. The predicted molar refractivity (Wildman–Crippen MR) is 36.9 cm³/mol. The number of hydrogen-bond acceptors (Lipinski definition) is 5. The molecule has 0 rings (SSSR count). The maximum absolute atomic E-state index is 9.76. The molecule has 0 aliphatic carbocycles. The average molecular weight is 357 g/mol. The van der Waals surface area contributed by atoms with Crippen molar-refractivity contribution in [3.05, 3.63) is 0 Å². The Bertz CT molecular complexity index is 109. The molecule has 6 heteroatoms. The SMILES string of the molecule is O=C[C@H](O)[C@H](O)[C@H](O)CO.[Pb]. The Balaban J connectivity index is 0. The summed E-state index contributed by atoms with van der Waals surface area (Å²) in [7, 11) is 0. The molecule has 0 heterocycles. The molecule has 0 bridgehead atoms. The van der Waals surface area contributed by atoms with Crippen molar-refractivity contribution in [1.82, 2.24) is 0 Å². The first-order valence-electron chi connectivity index (χ1n) is 2.73. The van der Waals surface area contributed by atoms with Crippen molar-refractivity contribution in [2.75, 3.05) is 6.61 Å². The van der Waals surface area contributed by atoms with E-state index in [0.717, 1.165) is 0 Å². The molecule has 0 aliphatic heterocycles. The molecule has 64 valence electrons. The van der Waals surface area contributed by atoms with Crippen molar-refractivity contribution in [2.45, 2.75) is 18.3 Å². The van der Waals surface area contributed by atoms with Crippen molar-refractivity contribution in [3.8, 4) is 0 Å². The number of carbonyl (C=O) groups is 1. The van der Waals surface area contributed by atoms with Gasteiger partial charge in [0, 0.05) is 27.3 Å². The molecule has 4 N–H and O–H groups in total. The summed E-state index contributed by atoms with van der Waals surface area (Å²) in [6.07, 6.45) is -4.63. The van der Waals surface area contributed by atoms with Gasteiger partial charge in [-0.25, -0.2) is 0 Å². The molecule has 0 aromatic carbocycles. The van der Waals surface area contributed by atoms with E-state index >= 15 is 0 Å². The quantitative estimate of drug-likeness (QED) is 0.315. The van der Waals surface area contributed by atoms with Gasteiger partial charge in [-0.05, 0) is 0 Å². The molecule has 0 amide bonds. The van der Waals surface area contributed by atoms with Crippen LogP contribution in [-0.2, 0) is 4.79 Å². The van der Waals surface area contributed by atoms with Crippen LogP contribution in [0.3, 0.4) is 0 Å². The summed E-state index contributed by atoms with van der Waals surface area (Å²) in [5.41, 5.74) is 0. The zero-order valence-corrected chi connectivity index (χ0v) is 9.60. The minimum absolute atomic E-state index is 0. The molecule has 3 atom stereocenters. The zero-order chi connectivity index (χ0) is 8.15. The minimum Gasteiger partial charge on any atom is -0.394 e. The summed E-state index contributed by atoms with van der Waals surface area (Å²) in [4.78, 5) is 9.76. The largest absolute Gasteiger partial charge is 0.394 e. The molecule has 0 saturated heterocycles. The van der Waals surface area contributed by atoms with Crippen LogP contribution in [0.1, 0.15) is 0 Å². The van der Waals surface area contributed by atoms with Crippen LogP contribution in [0.4, 0.5) is 0 Å². The van der Waals surface area contributed by atoms with Crippen LogP contribution in [0.15, 0.2) is 0 Å². The third kappa shape index (κ3) is 4.80. The molecular formula is C5H10O5Pb. The van der Waals surface area contributed by atoms with Gasteiger partial charge in [0.25, 0.3) is 0 Å². The maximum atomic E-state index is 9.76. The van der Waals surface area contributed by atoms with E-state index in [1.54, 1.807) is 0 Å². The van der Waals surface area contributed by atoms with Crippen LogP contribution < -0.4 is 0 Å². The molecular weight excluding hydrogens is 347 g/mol. The van der Waals surface area contributed by atoms with Gasteiger partial charge in [-0.15, -0.1) is 0 Å². The summed E-state index contributed by atoms with van der Waals surface area (Å²) in [6, 6.07) is 0. The first-order valence-corrected chi connectivity index (χ1v) is 2.73. The van der Waals surface area contributed by atoms with Crippen LogP contribution in [-0.4, -0.2) is 78.9 Å². The normalized spacial score (nSPS) is 17.8. The Hall–Kier alpha value is 0.432. The Labute approximate surface area is 83.8 Å². The first-order chi connectivity index (χ1) is 4.63. The van der Waals surface area contributed by atoms with Gasteiger partial charge >= 0.3 is 0 Å². The molecule has 0 aromatic heterocycles. The van der Waals surface area contributed by atoms with Crippen LogP contribution in [0, 0.1) is 0 Å². The van der Waals surface area contributed by atoms with Gasteiger partial charge in [-0.2, -0.15) is 0 Å². The van der Waals surface area contributed by atoms with E-state index < -0.39 is 24.9 Å². The van der Waals surface area contributed by atoms with Crippen molar-refractivity contribution in [1.29, 1.82) is 0 Å². The van der Waals surface area contributed by atoms with E-state index in [0.29, 0.717) is 0 Å². The molecule has 0 unspecified atom stereocenters. The van der Waals surface area contributed by atoms with Crippen LogP contribution in [0.5, 0.6) is 0 Å². The maximum Gasteiger partial charge on any atom is 0.151 e. The van der Waals surface area contributed by atoms with Gasteiger partial charge in [-0.3, -0.25) is 0 Å². The Morgan fingerprint density at radius 3 is 2.00 bits per heavy atom. The molecule has 0 spiro atoms. The number of aliphatic hydroxyl groups excluding tert-OH is 4. The number of aldehydes is 1. The second kappa shape index (κ2) is 7.10. The van der Waals surface area contributed by atoms with E-state index in [4.69, 9.17) is 20.4 Å². The summed E-state index contributed by atoms with van der Waals surface area (Å²) in [5, 5.41) is 34.1. The Kier molecular flexibility index (Phi) is 9.03. The average Bonchev–Trinajstić information content (AvgIpc) is 2.00. The van der Waals surface area contributed by atoms with Gasteiger partial charge in [-0.1, -0.05) is 0 Å². The predicted octanol–water partition coefficient (Wildman–Crippen LogP) is -3.12. The molecule has 0 aromatic rings. The van der Waals surface area contributed by atoms with E-state index in [-0.39, 0.29) is 33.6 Å². The zero-order valence-electron chi connectivity index (χ0n) is 5.71. The van der Waals surface area contributed by atoms with Crippen molar-refractivity contribution in [2.24, 2.45) is 0 Å². The Morgan fingerprint density at radius 1 is 1.27 bits per heavy atom. The summed E-state index contributed by atoms with van der Waals surface area (Å²) in [6.45, 7) is -0.688. The molecule has 5 nitrogen and oxygen atoms in total. The molecule has 0 saturated carbocycles. The second-order valence-electron chi connectivity index (χ2n) is 1.87. The smallest absolute Gasteiger partial charge is 0.151 e. The molecule has 0 aliphatic rings. The monoisotopic (exact) mass is 358 g/mol.